The number of nitrogens with one attached hydrogen (secondary N) is 1. The molecular weight excluding hydrogens is 344 g/mol. The molecule has 0 fully saturated rings. The number of hydrogen-bond acceptors (Lipinski definition) is 3. The van der Waals surface area contributed by atoms with Crippen molar-refractivity contribution in [3.8, 4) is 0 Å². The van der Waals surface area contributed by atoms with Gasteiger partial charge < -0.3 is 15.2 Å². The number of carboxylic acids is 2. The first-order valence-corrected chi connectivity index (χ1v) is 7.93. The van der Waals surface area contributed by atoms with Crippen molar-refractivity contribution in [1.82, 2.24) is 9.97 Å². The van der Waals surface area contributed by atoms with Crippen LogP contribution in [-0.4, -0.2) is 32.1 Å². The minimum Gasteiger partial charge on any atom is -0.481 e. The zero-order valence-electron chi connectivity index (χ0n) is 13.3. The minimum absolute atomic E-state index is 0.00849. The minimum atomic E-state index is -1.16. The number of hydrogen-bond donors (Lipinski definition) is 3. The molecule has 0 saturated carbocycles. The summed E-state index contributed by atoms with van der Waals surface area (Å²) < 4.78 is 0. The molecule has 2 aromatic heterocycles. The summed E-state index contributed by atoms with van der Waals surface area (Å²) in [6, 6.07) is 6.82. The summed E-state index contributed by atoms with van der Waals surface area (Å²) in [4.78, 5) is 30.2. The summed E-state index contributed by atoms with van der Waals surface area (Å²) in [6.07, 6.45) is 3.02. The van der Waals surface area contributed by atoms with Gasteiger partial charge >= 0.3 is 11.9 Å². The topological polar surface area (TPSA) is 103 Å². The number of aromatic nitrogens is 2. The fraction of sp³-hybridized carbons (Fsp3) is 0.167. The van der Waals surface area contributed by atoms with Gasteiger partial charge in [-0.15, -0.1) is 0 Å². The molecule has 3 N–H and O–H groups in total. The van der Waals surface area contributed by atoms with Crippen LogP contribution in [0.2, 0.25) is 5.02 Å². The van der Waals surface area contributed by atoms with Gasteiger partial charge in [-0.05, 0) is 48.2 Å². The molecule has 3 rings (SSSR count). The van der Waals surface area contributed by atoms with Crippen molar-refractivity contribution in [1.29, 1.82) is 0 Å². The molecule has 1 aromatic carbocycles. The molecule has 0 bridgehead atoms. The van der Waals surface area contributed by atoms with Crippen LogP contribution in [0.4, 0.5) is 0 Å². The Kier molecular flexibility index (Phi) is 4.46. The molecule has 0 amide bonds. The molecule has 6 nitrogen and oxygen atoms in total. The summed E-state index contributed by atoms with van der Waals surface area (Å²) >= 11 is 6.32. The molecule has 0 spiro atoms. The average molecular weight is 359 g/mol. The Morgan fingerprint density at radius 1 is 1.32 bits per heavy atom. The van der Waals surface area contributed by atoms with E-state index in [4.69, 9.17) is 11.6 Å². The van der Waals surface area contributed by atoms with Crippen LogP contribution in [0, 0.1) is 6.92 Å². The Morgan fingerprint density at radius 2 is 2.08 bits per heavy atom. The fourth-order valence-corrected chi connectivity index (χ4v) is 3.39. The molecule has 0 aliphatic heterocycles. The number of H-pyrrole nitrogens is 1. The van der Waals surface area contributed by atoms with Gasteiger partial charge in [-0.3, -0.25) is 9.78 Å². The number of carbonyl (C=O) groups is 2. The third-order valence-corrected chi connectivity index (χ3v) is 4.40. The largest absolute Gasteiger partial charge is 0.481 e. The van der Waals surface area contributed by atoms with Crippen molar-refractivity contribution in [3.63, 3.8) is 0 Å². The maximum absolute atomic E-state index is 11.8. The highest BCUT2D eigenvalue weighted by molar-refractivity contribution is 6.36. The third kappa shape index (κ3) is 3.21. The van der Waals surface area contributed by atoms with E-state index in [1.807, 2.05) is 6.92 Å². The van der Waals surface area contributed by atoms with Crippen LogP contribution in [0.3, 0.4) is 0 Å². The maximum Gasteiger partial charge on any atom is 0.352 e. The number of aromatic carboxylic acids is 1. The highest BCUT2D eigenvalue weighted by atomic mass is 35.5. The van der Waals surface area contributed by atoms with Crippen molar-refractivity contribution in [2.45, 2.75) is 19.3 Å². The molecule has 0 aliphatic rings. The standard InChI is InChI=1S/C18H15ClN2O4/c1-9-5-13(19)15-12(16(18(24)25)21-14(15)6-9)7-11(17(22)23)10-3-2-4-20-8-10/h2-6,8,11,21H,7H2,1H3,(H,22,23)(H,24,25). The number of aliphatic carboxylic acids is 1. The SMILES string of the molecule is Cc1cc(Cl)c2c(CC(C(=O)O)c3cccnc3)c(C(=O)O)[nH]c2c1. The fourth-order valence-electron chi connectivity index (χ4n) is 3.00. The van der Waals surface area contributed by atoms with Crippen LogP contribution >= 0.6 is 11.6 Å². The van der Waals surface area contributed by atoms with Crippen molar-refractivity contribution < 1.29 is 19.8 Å². The Bertz CT molecular complexity index is 966. The number of carboxylic acid groups (broad SMARTS) is 2. The number of fused-ring (bicyclic) bond motifs is 1. The number of aromatic amines is 1. The van der Waals surface area contributed by atoms with Gasteiger partial charge in [-0.2, -0.15) is 0 Å². The number of aryl methyl sites for hydroxylation is 1. The van der Waals surface area contributed by atoms with E-state index in [0.29, 0.717) is 27.1 Å². The third-order valence-electron chi connectivity index (χ3n) is 4.10. The van der Waals surface area contributed by atoms with Crippen molar-refractivity contribution in [2.24, 2.45) is 0 Å². The molecule has 0 saturated heterocycles. The van der Waals surface area contributed by atoms with Crippen molar-refractivity contribution in [2.75, 3.05) is 0 Å². The van der Waals surface area contributed by atoms with Gasteiger partial charge in [0.25, 0.3) is 0 Å². The lowest BCUT2D eigenvalue weighted by atomic mass is 9.91. The first kappa shape index (κ1) is 17.0. The van der Waals surface area contributed by atoms with E-state index in [-0.39, 0.29) is 12.1 Å². The second kappa shape index (κ2) is 6.57. The van der Waals surface area contributed by atoms with E-state index in [2.05, 4.69) is 9.97 Å². The smallest absolute Gasteiger partial charge is 0.352 e. The molecule has 7 heteroatoms. The predicted octanol–water partition coefficient (Wildman–Crippen LogP) is 3.63. The molecule has 25 heavy (non-hydrogen) atoms. The van der Waals surface area contributed by atoms with Crippen LogP contribution in [0.1, 0.15) is 33.1 Å². The van der Waals surface area contributed by atoms with E-state index in [0.717, 1.165) is 5.56 Å². The van der Waals surface area contributed by atoms with Gasteiger partial charge in [0.1, 0.15) is 5.69 Å². The lowest BCUT2D eigenvalue weighted by Crippen LogP contribution is -2.16. The average Bonchev–Trinajstić information content (AvgIpc) is 2.91. The second-order valence-corrected chi connectivity index (χ2v) is 6.24. The Morgan fingerprint density at radius 3 is 2.68 bits per heavy atom. The zero-order chi connectivity index (χ0) is 18.1. The first-order chi connectivity index (χ1) is 11.9. The monoisotopic (exact) mass is 358 g/mol. The number of halogens is 1. The lowest BCUT2D eigenvalue weighted by molar-refractivity contribution is -0.138. The molecule has 0 radical (unpaired) electrons. The van der Waals surface area contributed by atoms with Gasteiger partial charge in [0.05, 0.1) is 10.9 Å². The van der Waals surface area contributed by atoms with Gasteiger partial charge in [-0.25, -0.2) is 4.79 Å². The normalized spacial score (nSPS) is 12.2. The highest BCUT2D eigenvalue weighted by Crippen LogP contribution is 2.34. The van der Waals surface area contributed by atoms with E-state index in [9.17, 15) is 19.8 Å². The summed E-state index contributed by atoms with van der Waals surface area (Å²) in [5, 5.41) is 20.1. The van der Waals surface area contributed by atoms with Crippen molar-refractivity contribution >= 4 is 34.4 Å². The maximum atomic E-state index is 11.8. The van der Waals surface area contributed by atoms with Gasteiger partial charge in [0.15, 0.2) is 0 Å². The van der Waals surface area contributed by atoms with Crippen LogP contribution in [0.5, 0.6) is 0 Å². The Balaban J connectivity index is 2.18. The summed E-state index contributed by atoms with van der Waals surface area (Å²) in [5.41, 5.74) is 2.29. The Labute approximate surface area is 148 Å². The number of rotatable bonds is 5. The number of nitrogens with zero attached hydrogens (tertiary/aromatic N) is 1. The highest BCUT2D eigenvalue weighted by Gasteiger charge is 2.27. The van der Waals surface area contributed by atoms with E-state index < -0.39 is 17.9 Å². The molecule has 2 heterocycles. The van der Waals surface area contributed by atoms with E-state index >= 15 is 0 Å². The second-order valence-electron chi connectivity index (χ2n) is 5.83. The number of benzene rings is 1. The van der Waals surface area contributed by atoms with Crippen LogP contribution < -0.4 is 0 Å². The molecule has 3 aromatic rings. The zero-order valence-corrected chi connectivity index (χ0v) is 14.0. The van der Waals surface area contributed by atoms with Crippen LogP contribution in [-0.2, 0) is 11.2 Å². The van der Waals surface area contributed by atoms with Gasteiger partial charge in [0.2, 0.25) is 0 Å². The molecular formula is C18H15ClN2O4. The van der Waals surface area contributed by atoms with Crippen LogP contribution in [0.15, 0.2) is 36.7 Å². The van der Waals surface area contributed by atoms with Gasteiger partial charge in [-0.1, -0.05) is 17.7 Å². The lowest BCUT2D eigenvalue weighted by Gasteiger charge is -2.13. The van der Waals surface area contributed by atoms with E-state index in [1.165, 1.54) is 6.20 Å². The first-order valence-electron chi connectivity index (χ1n) is 7.55. The van der Waals surface area contributed by atoms with E-state index in [1.54, 1.807) is 30.5 Å². The quantitative estimate of drug-likeness (QED) is 0.646. The molecule has 1 unspecified atom stereocenters. The number of pyridine rings is 1. The van der Waals surface area contributed by atoms with Crippen molar-refractivity contribution in [3.05, 3.63) is 64.1 Å². The molecule has 1 atom stereocenters. The summed E-state index contributed by atoms with van der Waals surface area (Å²) in [7, 11) is 0. The van der Waals surface area contributed by atoms with Gasteiger partial charge in [0, 0.05) is 23.3 Å². The molecule has 0 aliphatic carbocycles. The Hall–Kier alpha value is -2.86. The summed E-state index contributed by atoms with van der Waals surface area (Å²) in [5.74, 6) is -3.14. The van der Waals surface area contributed by atoms with Crippen LogP contribution in [0.25, 0.3) is 10.9 Å². The predicted molar refractivity (Wildman–Crippen MR) is 93.3 cm³/mol. The summed E-state index contributed by atoms with van der Waals surface area (Å²) in [6.45, 7) is 1.85. The molecule has 128 valence electrons.